The molecule has 0 radical (unpaired) electrons. The number of carbonyl (C=O) groups excluding carboxylic acids is 1. The average molecular weight is 379 g/mol. The SMILES string of the molecule is CC(C)COc1ccccc1NC(=O)[C@H]1CNC[C@@H]1c1cnn(C)c1.Cl. The van der Waals surface area contributed by atoms with E-state index in [9.17, 15) is 4.79 Å². The van der Waals surface area contributed by atoms with Crippen molar-refractivity contribution in [1.82, 2.24) is 15.1 Å². The standard InChI is InChI=1S/C19H26N4O2.ClH/c1-13(2)12-25-18-7-5-4-6-17(18)22-19(24)16-10-20-9-15(16)14-8-21-23(3)11-14;/h4-8,11,13,15-16,20H,9-10,12H2,1-3H3,(H,22,24);1H/t15-,16+;/m1./s1. The summed E-state index contributed by atoms with van der Waals surface area (Å²) in [7, 11) is 1.89. The zero-order valence-corrected chi connectivity index (χ0v) is 16.3. The summed E-state index contributed by atoms with van der Waals surface area (Å²) < 4.78 is 7.61. The van der Waals surface area contributed by atoms with Gasteiger partial charge >= 0.3 is 0 Å². The van der Waals surface area contributed by atoms with Crippen LogP contribution in [0.3, 0.4) is 0 Å². The minimum Gasteiger partial charge on any atom is -0.491 e. The molecule has 26 heavy (non-hydrogen) atoms. The molecule has 2 atom stereocenters. The van der Waals surface area contributed by atoms with Gasteiger partial charge in [0, 0.05) is 32.3 Å². The minimum atomic E-state index is -0.123. The molecule has 1 saturated heterocycles. The lowest BCUT2D eigenvalue weighted by Crippen LogP contribution is -2.28. The number of ether oxygens (including phenoxy) is 1. The Kier molecular flexibility index (Phi) is 7.06. The number of amides is 1. The van der Waals surface area contributed by atoms with Gasteiger partial charge in [-0.15, -0.1) is 12.4 Å². The third-order valence-electron chi connectivity index (χ3n) is 4.42. The van der Waals surface area contributed by atoms with Crippen molar-refractivity contribution in [3.05, 3.63) is 42.2 Å². The van der Waals surface area contributed by atoms with Crippen molar-refractivity contribution in [2.75, 3.05) is 25.0 Å². The predicted octanol–water partition coefficient (Wildman–Crippen LogP) is 2.82. The van der Waals surface area contributed by atoms with Crippen LogP contribution in [0.2, 0.25) is 0 Å². The van der Waals surface area contributed by atoms with Crippen LogP contribution in [0.15, 0.2) is 36.7 Å². The lowest BCUT2D eigenvalue weighted by Gasteiger charge is -2.19. The maximum Gasteiger partial charge on any atom is 0.229 e. The molecule has 6 nitrogen and oxygen atoms in total. The zero-order valence-electron chi connectivity index (χ0n) is 15.4. The molecule has 0 unspecified atom stereocenters. The summed E-state index contributed by atoms with van der Waals surface area (Å²) in [6.45, 7) is 6.28. The number of nitrogens with one attached hydrogen (secondary N) is 2. The summed E-state index contributed by atoms with van der Waals surface area (Å²) in [5, 5.41) is 10.6. The second kappa shape index (κ2) is 9.05. The first-order chi connectivity index (χ1) is 12.0. The van der Waals surface area contributed by atoms with Gasteiger partial charge in [-0.05, 0) is 23.6 Å². The first kappa shape index (κ1) is 20.3. The normalized spacial score (nSPS) is 19.2. The van der Waals surface area contributed by atoms with E-state index in [1.807, 2.05) is 43.7 Å². The number of rotatable bonds is 6. The van der Waals surface area contributed by atoms with Gasteiger partial charge in [-0.25, -0.2) is 0 Å². The number of hydrogen-bond acceptors (Lipinski definition) is 4. The second-order valence-corrected chi connectivity index (χ2v) is 7.01. The summed E-state index contributed by atoms with van der Waals surface area (Å²) in [5.41, 5.74) is 1.82. The van der Waals surface area contributed by atoms with Crippen LogP contribution >= 0.6 is 12.4 Å². The average Bonchev–Trinajstić information content (AvgIpc) is 3.22. The van der Waals surface area contributed by atoms with Gasteiger partial charge in [0.15, 0.2) is 0 Å². The van der Waals surface area contributed by atoms with Gasteiger partial charge in [0.25, 0.3) is 0 Å². The summed E-state index contributed by atoms with van der Waals surface area (Å²) in [4.78, 5) is 12.9. The molecule has 1 amide bonds. The number of anilines is 1. The predicted molar refractivity (Wildman–Crippen MR) is 105 cm³/mol. The molecular formula is C19H27ClN4O2. The molecule has 3 rings (SSSR count). The second-order valence-electron chi connectivity index (χ2n) is 7.01. The smallest absolute Gasteiger partial charge is 0.229 e. The highest BCUT2D eigenvalue weighted by atomic mass is 35.5. The lowest BCUT2D eigenvalue weighted by molar-refractivity contribution is -0.119. The Morgan fingerprint density at radius 3 is 2.85 bits per heavy atom. The molecule has 2 N–H and O–H groups in total. The highest BCUT2D eigenvalue weighted by Crippen LogP contribution is 2.31. The number of nitrogens with zero attached hydrogens (tertiary/aromatic N) is 2. The van der Waals surface area contributed by atoms with Crippen LogP contribution in [-0.2, 0) is 11.8 Å². The number of para-hydroxylation sites is 2. The fourth-order valence-electron chi connectivity index (χ4n) is 3.11. The van der Waals surface area contributed by atoms with Crippen molar-refractivity contribution >= 4 is 24.0 Å². The molecule has 142 valence electrons. The molecule has 0 aliphatic carbocycles. The number of benzene rings is 1. The fourth-order valence-corrected chi connectivity index (χ4v) is 3.11. The number of aryl methyl sites for hydroxylation is 1. The maximum absolute atomic E-state index is 12.9. The summed E-state index contributed by atoms with van der Waals surface area (Å²) >= 11 is 0. The Balaban J connectivity index is 0.00000243. The highest BCUT2D eigenvalue weighted by Gasteiger charge is 2.35. The summed E-state index contributed by atoms with van der Waals surface area (Å²) in [6.07, 6.45) is 3.83. The van der Waals surface area contributed by atoms with E-state index in [4.69, 9.17) is 4.74 Å². The number of carbonyl (C=O) groups is 1. The van der Waals surface area contributed by atoms with Crippen LogP contribution in [-0.4, -0.2) is 35.4 Å². The van der Waals surface area contributed by atoms with Gasteiger partial charge in [-0.2, -0.15) is 5.10 Å². The van der Waals surface area contributed by atoms with E-state index in [1.165, 1.54) is 0 Å². The van der Waals surface area contributed by atoms with Gasteiger partial charge in [-0.3, -0.25) is 9.48 Å². The van der Waals surface area contributed by atoms with E-state index < -0.39 is 0 Å². The molecule has 0 bridgehead atoms. The molecule has 7 heteroatoms. The Morgan fingerprint density at radius 1 is 1.38 bits per heavy atom. The number of halogens is 1. The molecule has 1 fully saturated rings. The van der Waals surface area contributed by atoms with Crippen molar-refractivity contribution < 1.29 is 9.53 Å². The van der Waals surface area contributed by atoms with Crippen LogP contribution in [0.1, 0.15) is 25.3 Å². The molecule has 2 heterocycles. The van der Waals surface area contributed by atoms with E-state index in [0.717, 1.165) is 17.8 Å². The maximum atomic E-state index is 12.9. The van der Waals surface area contributed by atoms with Crippen LogP contribution < -0.4 is 15.4 Å². The monoisotopic (exact) mass is 378 g/mol. The van der Waals surface area contributed by atoms with Crippen molar-refractivity contribution in [2.45, 2.75) is 19.8 Å². The van der Waals surface area contributed by atoms with Crippen LogP contribution in [0, 0.1) is 11.8 Å². The molecule has 1 aliphatic heterocycles. The van der Waals surface area contributed by atoms with Gasteiger partial charge < -0.3 is 15.4 Å². The molecule has 2 aromatic rings. The van der Waals surface area contributed by atoms with Gasteiger partial charge in [0.1, 0.15) is 5.75 Å². The minimum absolute atomic E-state index is 0. The zero-order chi connectivity index (χ0) is 17.8. The Morgan fingerprint density at radius 2 is 2.15 bits per heavy atom. The largest absolute Gasteiger partial charge is 0.491 e. The molecular weight excluding hydrogens is 352 g/mol. The van der Waals surface area contributed by atoms with Crippen molar-refractivity contribution in [3.63, 3.8) is 0 Å². The first-order valence-electron chi connectivity index (χ1n) is 8.76. The van der Waals surface area contributed by atoms with E-state index in [1.54, 1.807) is 4.68 Å². The van der Waals surface area contributed by atoms with Crippen molar-refractivity contribution in [1.29, 1.82) is 0 Å². The highest BCUT2D eigenvalue weighted by molar-refractivity contribution is 5.95. The van der Waals surface area contributed by atoms with Gasteiger partial charge in [-0.1, -0.05) is 26.0 Å². The Labute approximate surface area is 160 Å². The first-order valence-corrected chi connectivity index (χ1v) is 8.76. The van der Waals surface area contributed by atoms with E-state index in [0.29, 0.717) is 24.8 Å². The van der Waals surface area contributed by atoms with Crippen molar-refractivity contribution in [2.24, 2.45) is 18.9 Å². The third kappa shape index (κ3) is 4.77. The fraction of sp³-hybridized carbons (Fsp3) is 0.474. The topological polar surface area (TPSA) is 68.2 Å². The van der Waals surface area contributed by atoms with Gasteiger partial charge in [0.05, 0.1) is 24.4 Å². The molecule has 1 aromatic carbocycles. The van der Waals surface area contributed by atoms with Crippen molar-refractivity contribution in [3.8, 4) is 5.75 Å². The lowest BCUT2D eigenvalue weighted by atomic mass is 9.90. The Bertz CT molecular complexity index is 732. The summed E-state index contributed by atoms with van der Waals surface area (Å²) in [6, 6.07) is 7.60. The van der Waals surface area contributed by atoms with Crippen LogP contribution in [0.5, 0.6) is 5.75 Å². The molecule has 1 aliphatic rings. The molecule has 0 spiro atoms. The quantitative estimate of drug-likeness (QED) is 0.811. The van der Waals surface area contributed by atoms with Crippen LogP contribution in [0.4, 0.5) is 5.69 Å². The third-order valence-corrected chi connectivity index (χ3v) is 4.42. The van der Waals surface area contributed by atoms with E-state index in [-0.39, 0.29) is 30.2 Å². The van der Waals surface area contributed by atoms with Crippen LogP contribution in [0.25, 0.3) is 0 Å². The van der Waals surface area contributed by atoms with E-state index >= 15 is 0 Å². The summed E-state index contributed by atoms with van der Waals surface area (Å²) in [5.74, 6) is 1.17. The molecule has 1 aromatic heterocycles. The van der Waals surface area contributed by atoms with Gasteiger partial charge in [0.2, 0.25) is 5.91 Å². The number of aromatic nitrogens is 2. The Hall–Kier alpha value is -2.05. The van der Waals surface area contributed by atoms with E-state index in [2.05, 4.69) is 29.6 Å². The number of hydrogen-bond donors (Lipinski definition) is 2. The molecule has 0 saturated carbocycles.